The first-order valence-corrected chi connectivity index (χ1v) is 5.57. The molecule has 1 aromatic rings. The Labute approximate surface area is 94.6 Å². The number of pyridine rings is 1. The molecule has 1 nitrogen and oxygen atoms in total. The zero-order valence-corrected chi connectivity index (χ0v) is 10.6. The molecule has 1 aromatic heterocycles. The smallest absolute Gasteiger partial charge is 0.0346 e. The Morgan fingerprint density at radius 1 is 1.13 bits per heavy atom. The molecule has 0 unspecified atom stereocenters. The van der Waals surface area contributed by atoms with Crippen LogP contribution in [0.3, 0.4) is 0 Å². The largest absolute Gasteiger partial charge is 0.264 e. The lowest BCUT2D eigenvalue weighted by atomic mass is 10.1. The fourth-order valence-corrected chi connectivity index (χ4v) is 0.922. The summed E-state index contributed by atoms with van der Waals surface area (Å²) in [5.74, 6) is 0. The molecule has 0 aromatic carbocycles. The highest BCUT2D eigenvalue weighted by atomic mass is 14.6. The average Bonchev–Trinajstić information content (AvgIpc) is 2.35. The van der Waals surface area contributed by atoms with Crippen LogP contribution in [0.15, 0.2) is 31.1 Å². The summed E-state index contributed by atoms with van der Waals surface area (Å²) in [5.41, 5.74) is 2.24. The van der Waals surface area contributed by atoms with Crippen molar-refractivity contribution >= 4 is 12.2 Å². The third kappa shape index (κ3) is 6.67. The van der Waals surface area contributed by atoms with Gasteiger partial charge in [0.05, 0.1) is 0 Å². The van der Waals surface area contributed by atoms with Crippen molar-refractivity contribution in [3.05, 3.63) is 42.2 Å². The van der Waals surface area contributed by atoms with Crippen molar-refractivity contribution in [1.82, 2.24) is 4.98 Å². The molecule has 0 aliphatic rings. The van der Waals surface area contributed by atoms with Gasteiger partial charge < -0.3 is 0 Å². The third-order valence-corrected chi connectivity index (χ3v) is 1.45. The highest BCUT2D eigenvalue weighted by molar-refractivity contribution is 5.62. The molecule has 1 heteroatoms. The molecule has 1 heterocycles. The molecular formula is C14H23N. The van der Waals surface area contributed by atoms with Gasteiger partial charge in [-0.15, -0.1) is 0 Å². The molecule has 0 saturated heterocycles. The molecular weight excluding hydrogens is 182 g/mol. The Morgan fingerprint density at radius 3 is 2.20 bits per heavy atom. The maximum Gasteiger partial charge on any atom is 0.0346 e. The van der Waals surface area contributed by atoms with E-state index < -0.39 is 0 Å². The topological polar surface area (TPSA) is 12.9 Å². The first-order valence-electron chi connectivity index (χ1n) is 5.57. The lowest BCUT2D eigenvalue weighted by molar-refractivity contribution is 1.31. The summed E-state index contributed by atoms with van der Waals surface area (Å²) in [5, 5.41) is 0. The fraction of sp³-hybridized carbons (Fsp3) is 0.357. The van der Waals surface area contributed by atoms with Crippen LogP contribution in [0.25, 0.3) is 12.2 Å². The summed E-state index contributed by atoms with van der Waals surface area (Å²) in [4.78, 5) is 4.01. The second-order valence-electron chi connectivity index (χ2n) is 2.21. The lowest BCUT2D eigenvalue weighted by Gasteiger charge is -1.96. The Bertz CT molecular complexity index is 274. The van der Waals surface area contributed by atoms with Gasteiger partial charge in [-0.2, -0.15) is 0 Å². The van der Waals surface area contributed by atoms with Crippen LogP contribution in [0.1, 0.15) is 45.7 Å². The van der Waals surface area contributed by atoms with Crippen LogP contribution < -0.4 is 0 Å². The van der Waals surface area contributed by atoms with Crippen molar-refractivity contribution in [3.63, 3.8) is 0 Å². The molecule has 84 valence electrons. The number of nitrogens with zero attached hydrogens (tertiary/aromatic N) is 1. The van der Waals surface area contributed by atoms with Crippen LogP contribution in [-0.2, 0) is 0 Å². The Kier molecular flexibility index (Phi) is 13.5. The van der Waals surface area contributed by atoms with E-state index in [1.54, 1.807) is 6.20 Å². The van der Waals surface area contributed by atoms with Crippen LogP contribution in [0, 0.1) is 0 Å². The van der Waals surface area contributed by atoms with Crippen LogP contribution in [-0.4, -0.2) is 4.98 Å². The van der Waals surface area contributed by atoms with Gasteiger partial charge in [0.2, 0.25) is 0 Å². The van der Waals surface area contributed by atoms with E-state index in [0.29, 0.717) is 0 Å². The van der Waals surface area contributed by atoms with E-state index in [0.717, 1.165) is 11.1 Å². The van der Waals surface area contributed by atoms with Gasteiger partial charge in [0.1, 0.15) is 0 Å². The summed E-state index contributed by atoms with van der Waals surface area (Å²) >= 11 is 0. The van der Waals surface area contributed by atoms with Crippen molar-refractivity contribution in [2.75, 3.05) is 0 Å². The second kappa shape index (κ2) is 12.6. The van der Waals surface area contributed by atoms with E-state index >= 15 is 0 Å². The summed E-state index contributed by atoms with van der Waals surface area (Å²) in [6.45, 7) is 13.7. The minimum absolute atomic E-state index is 1.12. The van der Waals surface area contributed by atoms with Gasteiger partial charge in [0.15, 0.2) is 0 Å². The number of aromatic nitrogens is 1. The van der Waals surface area contributed by atoms with E-state index in [1.807, 2.05) is 65.1 Å². The van der Waals surface area contributed by atoms with Gasteiger partial charge in [-0.1, -0.05) is 52.5 Å². The summed E-state index contributed by atoms with van der Waals surface area (Å²) in [6.07, 6.45) is 9.44. The average molecular weight is 205 g/mol. The molecule has 0 fully saturated rings. The van der Waals surface area contributed by atoms with Crippen molar-refractivity contribution in [3.8, 4) is 0 Å². The molecule has 0 amide bonds. The molecule has 0 aliphatic carbocycles. The number of hydrogen-bond donors (Lipinski definition) is 0. The predicted octanol–water partition coefficient (Wildman–Crippen LogP) is 4.81. The molecule has 15 heavy (non-hydrogen) atoms. The maximum absolute atomic E-state index is 4.01. The SMILES string of the molecule is C=Cc1ccncc1/C=C\C.CC.CC. The van der Waals surface area contributed by atoms with Gasteiger partial charge in [-0.05, 0) is 24.1 Å². The van der Waals surface area contributed by atoms with Gasteiger partial charge in [-0.3, -0.25) is 4.98 Å². The van der Waals surface area contributed by atoms with Gasteiger partial charge >= 0.3 is 0 Å². The van der Waals surface area contributed by atoms with Crippen LogP contribution >= 0.6 is 0 Å². The van der Waals surface area contributed by atoms with Crippen molar-refractivity contribution < 1.29 is 0 Å². The molecule has 1 rings (SSSR count). The summed E-state index contributed by atoms with van der Waals surface area (Å²) in [6, 6.07) is 1.95. The van der Waals surface area contributed by atoms with E-state index in [1.165, 1.54) is 0 Å². The molecule has 0 bridgehead atoms. The zero-order chi connectivity index (χ0) is 12.1. The van der Waals surface area contributed by atoms with E-state index in [2.05, 4.69) is 11.6 Å². The highest BCUT2D eigenvalue weighted by Crippen LogP contribution is 2.09. The number of rotatable bonds is 2. The minimum atomic E-state index is 1.12. The molecule has 0 aliphatic heterocycles. The van der Waals surface area contributed by atoms with Crippen LogP contribution in [0.4, 0.5) is 0 Å². The van der Waals surface area contributed by atoms with E-state index in [-0.39, 0.29) is 0 Å². The highest BCUT2D eigenvalue weighted by Gasteiger charge is 1.91. The maximum atomic E-state index is 4.01. The van der Waals surface area contributed by atoms with Crippen LogP contribution in [0.5, 0.6) is 0 Å². The molecule has 0 saturated carbocycles. The standard InChI is InChI=1S/C10H11N.2C2H6/c1-3-5-10-8-11-7-6-9(10)4-2;2*1-2/h3-8H,2H2,1H3;2*1-2H3/b5-3-;;. The Hall–Kier alpha value is -1.37. The normalized spacial score (nSPS) is 8.33. The van der Waals surface area contributed by atoms with Gasteiger partial charge in [0, 0.05) is 12.4 Å². The minimum Gasteiger partial charge on any atom is -0.264 e. The second-order valence-corrected chi connectivity index (χ2v) is 2.21. The third-order valence-electron chi connectivity index (χ3n) is 1.45. The number of allylic oxidation sites excluding steroid dienone is 1. The Morgan fingerprint density at radius 2 is 1.73 bits per heavy atom. The van der Waals surface area contributed by atoms with E-state index in [9.17, 15) is 0 Å². The molecule has 0 spiro atoms. The summed E-state index contributed by atoms with van der Waals surface area (Å²) in [7, 11) is 0. The van der Waals surface area contributed by atoms with Crippen molar-refractivity contribution in [2.24, 2.45) is 0 Å². The number of hydrogen-bond acceptors (Lipinski definition) is 1. The molecule has 0 radical (unpaired) electrons. The van der Waals surface area contributed by atoms with Gasteiger partial charge in [0.25, 0.3) is 0 Å². The zero-order valence-electron chi connectivity index (χ0n) is 10.6. The fourth-order valence-electron chi connectivity index (χ4n) is 0.922. The predicted molar refractivity (Wildman–Crippen MR) is 71.7 cm³/mol. The lowest BCUT2D eigenvalue weighted by Crippen LogP contribution is -1.80. The molecule has 0 N–H and O–H groups in total. The first kappa shape index (κ1) is 16.1. The monoisotopic (exact) mass is 205 g/mol. The van der Waals surface area contributed by atoms with Crippen molar-refractivity contribution in [1.29, 1.82) is 0 Å². The van der Waals surface area contributed by atoms with E-state index in [4.69, 9.17) is 0 Å². The first-order chi connectivity index (χ1) is 7.38. The summed E-state index contributed by atoms with van der Waals surface area (Å²) < 4.78 is 0. The van der Waals surface area contributed by atoms with Crippen LogP contribution in [0.2, 0.25) is 0 Å². The van der Waals surface area contributed by atoms with Crippen molar-refractivity contribution in [2.45, 2.75) is 34.6 Å². The molecule has 0 atom stereocenters. The Balaban J connectivity index is 0. The van der Waals surface area contributed by atoms with Gasteiger partial charge in [-0.25, -0.2) is 0 Å². The quantitative estimate of drug-likeness (QED) is 0.675.